The number of isocyanates is 1. The van der Waals surface area contributed by atoms with Crippen molar-refractivity contribution in [2.24, 2.45) is 4.99 Å². The van der Waals surface area contributed by atoms with E-state index in [4.69, 9.17) is 0 Å². The summed E-state index contributed by atoms with van der Waals surface area (Å²) in [5.74, 6) is -0.269. The number of ether oxygens (including phenoxy) is 1. The molecule has 6 heteroatoms. The lowest BCUT2D eigenvalue weighted by atomic mass is 10.3. The van der Waals surface area contributed by atoms with Crippen molar-refractivity contribution < 1.29 is 22.7 Å². The summed E-state index contributed by atoms with van der Waals surface area (Å²) in [6.07, 6.45) is -2.63. The summed E-state index contributed by atoms with van der Waals surface area (Å²) in [6, 6.07) is 5.02. The molecule has 15 heavy (non-hydrogen) atoms. The van der Waals surface area contributed by atoms with Crippen LogP contribution in [0.15, 0.2) is 29.3 Å². The van der Waals surface area contributed by atoms with Gasteiger partial charge in [-0.1, -0.05) is 6.07 Å². The molecule has 0 saturated carbocycles. The Morgan fingerprint density at radius 1 is 1.47 bits per heavy atom. The molecule has 0 bridgehead atoms. The molecule has 0 amide bonds. The van der Waals surface area contributed by atoms with Gasteiger partial charge in [0, 0.05) is 6.07 Å². The second-order valence-corrected chi connectivity index (χ2v) is 2.57. The van der Waals surface area contributed by atoms with Crippen LogP contribution in [0.5, 0.6) is 5.75 Å². The molecular formula is C9H6F3NO2. The molecule has 0 unspecified atom stereocenters. The molecule has 0 spiro atoms. The van der Waals surface area contributed by atoms with Gasteiger partial charge in [0.1, 0.15) is 5.75 Å². The molecule has 0 atom stereocenters. The zero-order chi connectivity index (χ0) is 11.3. The van der Waals surface area contributed by atoms with Gasteiger partial charge in [-0.2, -0.15) is 13.8 Å². The number of alkyl halides is 3. The lowest BCUT2D eigenvalue weighted by molar-refractivity contribution is -0.186. The van der Waals surface area contributed by atoms with Crippen LogP contribution in [0, 0.1) is 0 Å². The van der Waals surface area contributed by atoms with E-state index < -0.39 is 12.8 Å². The van der Waals surface area contributed by atoms with Crippen LogP contribution in [0.25, 0.3) is 0 Å². The second-order valence-electron chi connectivity index (χ2n) is 2.57. The maximum absolute atomic E-state index is 12.5. The highest BCUT2D eigenvalue weighted by Crippen LogP contribution is 2.25. The van der Waals surface area contributed by atoms with E-state index in [0.29, 0.717) is 0 Å². The number of rotatable bonds is 4. The molecule has 1 aromatic rings. The third kappa shape index (κ3) is 3.44. The molecule has 0 aliphatic carbocycles. The van der Waals surface area contributed by atoms with Crippen molar-refractivity contribution in [3.63, 3.8) is 0 Å². The van der Waals surface area contributed by atoms with E-state index in [2.05, 4.69) is 9.73 Å². The van der Waals surface area contributed by atoms with E-state index in [0.717, 1.165) is 6.07 Å². The Morgan fingerprint density at radius 3 is 2.80 bits per heavy atom. The fourth-order valence-corrected chi connectivity index (χ4v) is 0.869. The Labute approximate surface area is 83.2 Å². The van der Waals surface area contributed by atoms with Crippen LogP contribution < -0.4 is 4.74 Å². The molecule has 0 aliphatic rings. The lowest BCUT2D eigenvalue weighted by Gasteiger charge is -2.14. The first-order valence-electron chi connectivity index (χ1n) is 3.88. The number of benzene rings is 1. The van der Waals surface area contributed by atoms with Gasteiger partial charge in [0.05, 0.1) is 5.69 Å². The smallest absolute Gasteiger partial charge is 0.427 e. The number of carbonyl (C=O) groups excluding carboxylic acids is 1. The number of halogens is 3. The Bertz CT molecular complexity index is 389. The predicted molar refractivity (Wildman–Crippen MR) is 45.8 cm³/mol. The summed E-state index contributed by atoms with van der Waals surface area (Å²) in [5.41, 5.74) is 0.108. The van der Waals surface area contributed by atoms with E-state index in [-0.39, 0.29) is 11.4 Å². The first-order chi connectivity index (χ1) is 7.07. The molecule has 0 aromatic heterocycles. The van der Waals surface area contributed by atoms with E-state index in [1.165, 1.54) is 24.3 Å². The third-order valence-corrected chi connectivity index (χ3v) is 1.42. The fourth-order valence-electron chi connectivity index (χ4n) is 0.869. The summed E-state index contributed by atoms with van der Waals surface area (Å²) in [4.78, 5) is 13.1. The Balaban J connectivity index is 2.86. The first-order valence-corrected chi connectivity index (χ1v) is 3.88. The number of hydrogen-bond acceptors (Lipinski definition) is 3. The standard InChI is InChI=1S/C9H6F3NO2/c10-5-9(11,12)15-8-3-1-2-7(4-8)13-6-14/h1-4H,5H2. The molecule has 0 heterocycles. The molecule has 1 aromatic carbocycles. The van der Waals surface area contributed by atoms with Crippen molar-refractivity contribution in [3.05, 3.63) is 24.3 Å². The summed E-state index contributed by atoms with van der Waals surface area (Å²) < 4.78 is 40.7. The highest BCUT2D eigenvalue weighted by molar-refractivity contribution is 5.51. The van der Waals surface area contributed by atoms with Crippen LogP contribution in [0.2, 0.25) is 0 Å². The SMILES string of the molecule is O=C=Nc1cccc(OC(F)(F)CF)c1. The van der Waals surface area contributed by atoms with Crippen LogP contribution >= 0.6 is 0 Å². The zero-order valence-corrected chi connectivity index (χ0v) is 7.41. The normalized spacial score (nSPS) is 10.6. The van der Waals surface area contributed by atoms with Gasteiger partial charge in [0.25, 0.3) is 0 Å². The minimum atomic E-state index is -3.87. The Kier molecular flexibility index (Phi) is 3.46. The Hall–Kier alpha value is -1.81. The van der Waals surface area contributed by atoms with Crippen LogP contribution in [-0.2, 0) is 4.79 Å². The van der Waals surface area contributed by atoms with E-state index in [1.807, 2.05) is 0 Å². The van der Waals surface area contributed by atoms with Crippen molar-refractivity contribution in [1.29, 1.82) is 0 Å². The Morgan fingerprint density at radius 2 is 2.20 bits per heavy atom. The average Bonchev–Trinajstić information content (AvgIpc) is 2.18. The van der Waals surface area contributed by atoms with E-state index >= 15 is 0 Å². The fraction of sp³-hybridized carbons (Fsp3) is 0.222. The van der Waals surface area contributed by atoms with Gasteiger partial charge in [-0.15, -0.1) is 0 Å². The van der Waals surface area contributed by atoms with Crippen molar-refractivity contribution in [1.82, 2.24) is 0 Å². The topological polar surface area (TPSA) is 38.7 Å². The molecular weight excluding hydrogens is 211 g/mol. The van der Waals surface area contributed by atoms with Gasteiger partial charge in [0.2, 0.25) is 6.08 Å². The highest BCUT2D eigenvalue weighted by atomic mass is 19.3. The van der Waals surface area contributed by atoms with Crippen LogP contribution in [-0.4, -0.2) is 18.9 Å². The van der Waals surface area contributed by atoms with Crippen molar-refractivity contribution in [2.75, 3.05) is 6.67 Å². The van der Waals surface area contributed by atoms with E-state index in [1.54, 1.807) is 0 Å². The van der Waals surface area contributed by atoms with Gasteiger partial charge >= 0.3 is 6.11 Å². The van der Waals surface area contributed by atoms with Gasteiger partial charge in [-0.05, 0) is 12.1 Å². The van der Waals surface area contributed by atoms with Crippen LogP contribution in [0.1, 0.15) is 0 Å². The highest BCUT2D eigenvalue weighted by Gasteiger charge is 2.31. The molecule has 3 nitrogen and oxygen atoms in total. The number of hydrogen-bond donors (Lipinski definition) is 0. The molecule has 0 N–H and O–H groups in total. The van der Waals surface area contributed by atoms with Crippen LogP contribution in [0.3, 0.4) is 0 Å². The van der Waals surface area contributed by atoms with Crippen molar-refractivity contribution in [3.8, 4) is 5.75 Å². The van der Waals surface area contributed by atoms with Crippen LogP contribution in [0.4, 0.5) is 18.9 Å². The predicted octanol–water partition coefficient (Wildman–Crippen LogP) is 2.60. The average molecular weight is 217 g/mol. The number of aliphatic imine (C=N–C) groups is 1. The molecule has 0 fully saturated rings. The third-order valence-electron chi connectivity index (χ3n) is 1.42. The molecule has 1 rings (SSSR count). The second kappa shape index (κ2) is 4.61. The number of nitrogens with zero attached hydrogens (tertiary/aromatic N) is 1. The monoisotopic (exact) mass is 217 g/mol. The molecule has 0 saturated heterocycles. The molecule has 0 aliphatic heterocycles. The van der Waals surface area contributed by atoms with Gasteiger partial charge in [-0.25, -0.2) is 9.18 Å². The first kappa shape index (κ1) is 11.3. The maximum atomic E-state index is 12.5. The quantitative estimate of drug-likeness (QED) is 0.574. The minimum Gasteiger partial charge on any atom is -0.431 e. The maximum Gasteiger partial charge on any atom is 0.427 e. The summed E-state index contributed by atoms with van der Waals surface area (Å²) in [5, 5.41) is 0. The van der Waals surface area contributed by atoms with Gasteiger partial charge in [0.15, 0.2) is 6.67 Å². The summed E-state index contributed by atoms with van der Waals surface area (Å²) in [6.45, 7) is -1.92. The largest absolute Gasteiger partial charge is 0.431 e. The lowest BCUT2D eigenvalue weighted by Crippen LogP contribution is -2.26. The van der Waals surface area contributed by atoms with Gasteiger partial charge < -0.3 is 4.74 Å². The van der Waals surface area contributed by atoms with Crippen molar-refractivity contribution >= 4 is 11.8 Å². The molecule has 0 radical (unpaired) electrons. The van der Waals surface area contributed by atoms with Gasteiger partial charge in [-0.3, -0.25) is 0 Å². The zero-order valence-electron chi connectivity index (χ0n) is 7.41. The summed E-state index contributed by atoms with van der Waals surface area (Å²) in [7, 11) is 0. The van der Waals surface area contributed by atoms with E-state index in [9.17, 15) is 18.0 Å². The van der Waals surface area contributed by atoms with Crippen molar-refractivity contribution in [2.45, 2.75) is 6.11 Å². The minimum absolute atomic E-state index is 0.108. The summed E-state index contributed by atoms with van der Waals surface area (Å²) >= 11 is 0. The molecule has 80 valence electrons.